The number of nitrogens with zero attached hydrogens (tertiary/aromatic N) is 2. The van der Waals surface area contributed by atoms with E-state index >= 15 is 0 Å². The van der Waals surface area contributed by atoms with Gasteiger partial charge < -0.3 is 41.2 Å². The normalized spacial score (nSPS) is 17.3. The van der Waals surface area contributed by atoms with Crippen molar-refractivity contribution >= 4 is 52.7 Å². The molecule has 0 radical (unpaired) electrons. The third-order valence-corrected chi connectivity index (χ3v) is 11.4. The summed E-state index contributed by atoms with van der Waals surface area (Å²) < 4.78 is 11.5. The van der Waals surface area contributed by atoms with Crippen LogP contribution in [-0.2, 0) is 39.9 Å². The molecule has 2 heterocycles. The molecule has 1 aromatic heterocycles. The van der Waals surface area contributed by atoms with Crippen LogP contribution in [0.1, 0.15) is 127 Å². The van der Waals surface area contributed by atoms with Crippen LogP contribution in [0, 0.1) is 23.7 Å². The van der Waals surface area contributed by atoms with Crippen LogP contribution in [0.25, 0.3) is 0 Å². The number of amides is 3. The SMILES string of the molecule is CC[C@H](C)[C@H](NC(=O)[C@H]1CCCCN1)C(=O)N(COC(=O)CC(C)C)[C@H](C[C@@H](OC(C)=O)c1nc(C(=O)N[C@@H](Cc2ccc(N)cc2)CC(C)C(=O)O)cs1)C(C)C. The molecule has 6 N–H and O–H groups in total. The van der Waals surface area contributed by atoms with Gasteiger partial charge in [0.05, 0.1) is 12.0 Å². The van der Waals surface area contributed by atoms with Gasteiger partial charge in [0.1, 0.15) is 16.7 Å². The Balaban J connectivity index is 1.95. The van der Waals surface area contributed by atoms with Crippen LogP contribution < -0.4 is 21.7 Å². The number of esters is 2. The lowest BCUT2D eigenvalue weighted by Crippen LogP contribution is -2.59. The zero-order chi connectivity index (χ0) is 43.1. The molecule has 2 aromatic rings. The van der Waals surface area contributed by atoms with Gasteiger partial charge >= 0.3 is 17.9 Å². The third-order valence-electron chi connectivity index (χ3n) is 10.4. The summed E-state index contributed by atoms with van der Waals surface area (Å²) >= 11 is 1.11. The van der Waals surface area contributed by atoms with E-state index in [-0.39, 0.29) is 55.3 Å². The number of carboxylic acids is 1. The van der Waals surface area contributed by atoms with Crippen LogP contribution in [0.2, 0.25) is 0 Å². The highest BCUT2D eigenvalue weighted by atomic mass is 32.1. The van der Waals surface area contributed by atoms with E-state index in [0.29, 0.717) is 36.5 Å². The predicted octanol–water partition coefficient (Wildman–Crippen LogP) is 5.24. The van der Waals surface area contributed by atoms with E-state index in [9.17, 15) is 33.9 Å². The van der Waals surface area contributed by atoms with E-state index in [1.807, 2.05) is 53.7 Å². The highest BCUT2D eigenvalue weighted by Gasteiger charge is 2.39. The summed E-state index contributed by atoms with van der Waals surface area (Å²) in [6.45, 7) is 14.5. The van der Waals surface area contributed by atoms with Crippen LogP contribution in [0.15, 0.2) is 29.6 Å². The largest absolute Gasteiger partial charge is 0.481 e. The Morgan fingerprint density at radius 2 is 1.71 bits per heavy atom. The number of carbonyl (C=O) groups is 6. The van der Waals surface area contributed by atoms with Crippen molar-refractivity contribution in [3.8, 4) is 0 Å². The molecular formula is C42H64N6O9S. The maximum Gasteiger partial charge on any atom is 0.307 e. The number of anilines is 1. The summed E-state index contributed by atoms with van der Waals surface area (Å²) in [5.74, 6) is -4.55. The fraction of sp³-hybridized carbons (Fsp3) is 0.643. The standard InChI is InChI=1S/C42H64N6O9S/c1-9-26(6)37(47-38(51)32-12-10-11-17-44-32)41(53)48(23-56-36(50)18-24(2)3)34(25(4)5)21-35(57-28(8)49)40-46-33(22-58-40)39(52)45-31(19-27(7)42(54)55)20-29-13-15-30(43)16-14-29/h13-16,22,24-27,31-32,34-35,37,44H,9-12,17-21,23,43H2,1-8H3,(H,45,52)(H,47,51)(H,54,55)/t26-,27?,31+,32+,34+,35+,37-/m0/s1. The molecule has 1 aromatic carbocycles. The fourth-order valence-corrected chi connectivity index (χ4v) is 7.72. The molecule has 1 aliphatic heterocycles. The number of hydrogen-bond donors (Lipinski definition) is 5. The zero-order valence-electron chi connectivity index (χ0n) is 35.2. The first-order chi connectivity index (χ1) is 27.4. The summed E-state index contributed by atoms with van der Waals surface area (Å²) in [5.41, 5.74) is 7.33. The second-order valence-corrected chi connectivity index (χ2v) is 17.1. The maximum absolute atomic E-state index is 14.7. The van der Waals surface area contributed by atoms with Gasteiger partial charge in [-0.3, -0.25) is 28.8 Å². The molecule has 15 nitrogen and oxygen atoms in total. The number of carboxylic acid groups (broad SMARTS) is 1. The minimum atomic E-state index is -1.00. The van der Waals surface area contributed by atoms with Gasteiger partial charge in [0.2, 0.25) is 11.8 Å². The topological polar surface area (TPSA) is 219 Å². The predicted molar refractivity (Wildman–Crippen MR) is 221 cm³/mol. The molecule has 1 unspecified atom stereocenters. The number of carbonyl (C=O) groups excluding carboxylic acids is 5. The Morgan fingerprint density at radius 3 is 2.28 bits per heavy atom. The average Bonchev–Trinajstić information content (AvgIpc) is 3.67. The summed E-state index contributed by atoms with van der Waals surface area (Å²) in [7, 11) is 0. The lowest BCUT2D eigenvalue weighted by Gasteiger charge is -2.39. The molecule has 1 fully saturated rings. The van der Waals surface area contributed by atoms with E-state index in [2.05, 4.69) is 20.9 Å². The smallest absolute Gasteiger partial charge is 0.307 e. The van der Waals surface area contributed by atoms with Crippen molar-refractivity contribution in [1.29, 1.82) is 0 Å². The highest BCUT2D eigenvalue weighted by Crippen LogP contribution is 2.32. The number of hydrogen-bond acceptors (Lipinski definition) is 12. The van der Waals surface area contributed by atoms with Gasteiger partial charge in [-0.2, -0.15) is 0 Å². The monoisotopic (exact) mass is 828 g/mol. The summed E-state index contributed by atoms with van der Waals surface area (Å²) in [6, 6.07) is 4.53. The Morgan fingerprint density at radius 1 is 1.02 bits per heavy atom. The molecule has 0 aliphatic carbocycles. The number of rotatable bonds is 22. The van der Waals surface area contributed by atoms with Crippen molar-refractivity contribution in [3.05, 3.63) is 45.9 Å². The van der Waals surface area contributed by atoms with Crippen molar-refractivity contribution in [1.82, 2.24) is 25.8 Å². The number of nitrogens with one attached hydrogen (secondary N) is 3. The Hall–Kier alpha value is -4.57. The van der Waals surface area contributed by atoms with Crippen molar-refractivity contribution in [2.24, 2.45) is 23.7 Å². The number of piperidine rings is 1. The molecule has 7 atom stereocenters. The van der Waals surface area contributed by atoms with Gasteiger partial charge in [-0.25, -0.2) is 4.98 Å². The maximum atomic E-state index is 14.7. The first-order valence-electron chi connectivity index (χ1n) is 20.4. The number of thiazole rings is 1. The number of benzene rings is 1. The lowest BCUT2D eigenvalue weighted by atomic mass is 9.92. The van der Waals surface area contributed by atoms with Crippen LogP contribution >= 0.6 is 11.3 Å². The number of aliphatic carboxylic acids is 1. The summed E-state index contributed by atoms with van der Waals surface area (Å²) in [4.78, 5) is 85.1. The van der Waals surface area contributed by atoms with Crippen LogP contribution in [0.3, 0.4) is 0 Å². The van der Waals surface area contributed by atoms with Gasteiger partial charge in [-0.1, -0.05) is 73.4 Å². The first-order valence-corrected chi connectivity index (χ1v) is 21.3. The number of nitrogen functional groups attached to an aromatic ring is 1. The minimum absolute atomic E-state index is 0.0193. The van der Waals surface area contributed by atoms with Gasteiger partial charge in [0.25, 0.3) is 5.91 Å². The van der Waals surface area contributed by atoms with Crippen molar-refractivity contribution in [3.63, 3.8) is 0 Å². The number of ether oxygens (including phenoxy) is 2. The Kier molecular flexibility index (Phi) is 19.1. The van der Waals surface area contributed by atoms with E-state index in [1.165, 1.54) is 17.2 Å². The van der Waals surface area contributed by atoms with Crippen molar-refractivity contribution in [2.45, 2.75) is 137 Å². The van der Waals surface area contributed by atoms with Crippen molar-refractivity contribution < 1.29 is 43.3 Å². The molecule has 1 aliphatic rings. The highest BCUT2D eigenvalue weighted by molar-refractivity contribution is 7.09. The van der Waals surface area contributed by atoms with Gasteiger partial charge in [-0.15, -0.1) is 11.3 Å². The van der Waals surface area contributed by atoms with Gasteiger partial charge in [-0.05, 0) is 67.7 Å². The second-order valence-electron chi connectivity index (χ2n) is 16.2. The van der Waals surface area contributed by atoms with E-state index < -0.39 is 65.9 Å². The Bertz CT molecular complexity index is 1680. The molecule has 1 saturated heterocycles. The van der Waals surface area contributed by atoms with Gasteiger partial charge in [0, 0.05) is 42.9 Å². The quantitative estimate of drug-likeness (QED) is 0.0585. The van der Waals surface area contributed by atoms with E-state index in [0.717, 1.165) is 29.7 Å². The molecule has 16 heteroatoms. The van der Waals surface area contributed by atoms with Gasteiger partial charge in [0.15, 0.2) is 12.8 Å². The van der Waals surface area contributed by atoms with Crippen molar-refractivity contribution in [2.75, 3.05) is 19.0 Å². The summed E-state index contributed by atoms with van der Waals surface area (Å²) in [6.07, 6.45) is 2.80. The molecule has 3 amide bonds. The Labute approximate surface area is 346 Å². The third kappa shape index (κ3) is 15.0. The summed E-state index contributed by atoms with van der Waals surface area (Å²) in [5, 5.41) is 20.6. The van der Waals surface area contributed by atoms with Crippen LogP contribution in [0.4, 0.5) is 5.69 Å². The lowest BCUT2D eigenvalue weighted by molar-refractivity contribution is -0.160. The van der Waals surface area contributed by atoms with E-state index in [1.54, 1.807) is 19.1 Å². The first kappa shape index (κ1) is 47.8. The zero-order valence-corrected chi connectivity index (χ0v) is 36.1. The molecule has 3 rings (SSSR count). The number of nitrogens with two attached hydrogens (primary N) is 1. The molecule has 0 spiro atoms. The molecule has 58 heavy (non-hydrogen) atoms. The molecule has 0 bridgehead atoms. The van der Waals surface area contributed by atoms with Crippen LogP contribution in [0.5, 0.6) is 0 Å². The van der Waals surface area contributed by atoms with Crippen LogP contribution in [-0.4, -0.2) is 88.1 Å². The van der Waals surface area contributed by atoms with E-state index in [4.69, 9.17) is 15.2 Å². The molecule has 0 saturated carbocycles. The fourth-order valence-electron chi connectivity index (χ4n) is 6.88. The second kappa shape index (κ2) is 23.1. The number of aromatic nitrogens is 1. The minimum Gasteiger partial charge on any atom is -0.481 e. The molecule has 322 valence electrons. The average molecular weight is 829 g/mol. The molecular weight excluding hydrogens is 765 g/mol.